The Morgan fingerprint density at radius 1 is 0.433 bits per heavy atom. The highest BCUT2D eigenvalue weighted by Crippen LogP contribution is 2.54. The summed E-state index contributed by atoms with van der Waals surface area (Å²) in [5.41, 5.74) is 19.7. The third-order valence-corrected chi connectivity index (χ3v) is 26.7. The van der Waals surface area contributed by atoms with E-state index in [4.69, 9.17) is 29.5 Å². The number of carboxylic acid groups (broad SMARTS) is 1. The van der Waals surface area contributed by atoms with Crippen LogP contribution in [0.1, 0.15) is 161 Å². The molecule has 4 atom stereocenters. The number of hydrogen-bond acceptors (Lipinski definition) is 22. The van der Waals surface area contributed by atoms with Gasteiger partial charge in [0.25, 0.3) is 17.7 Å². The molecule has 656 valence electrons. The van der Waals surface area contributed by atoms with Crippen LogP contribution in [0.15, 0.2) is 191 Å². The number of aryl methyl sites for hydroxylation is 4. The summed E-state index contributed by atoms with van der Waals surface area (Å²) in [7, 11) is 3.97. The topological polar surface area (TPSA) is 359 Å². The molecule has 9 N–H and O–H groups in total. The zero-order chi connectivity index (χ0) is 87.8. The zero-order valence-corrected chi connectivity index (χ0v) is 72.2. The summed E-state index contributed by atoms with van der Waals surface area (Å²) in [5.74, 6) is 3.98. The van der Waals surface area contributed by atoms with E-state index in [-0.39, 0.29) is 32.8 Å². The Labute approximate surface area is 735 Å². The summed E-state index contributed by atoms with van der Waals surface area (Å²) < 4.78 is 5.23. The highest BCUT2D eigenvalue weighted by molar-refractivity contribution is 5.98. The number of pyridine rings is 3. The SMILES string of the molecule is CCc1ccc(-n2cc(C(=O)NOC)c(=O)c3cnc(Nc4ccc(CCNC5C6CC7CC(C6)CC5C7)cc4)nc32)cc1.CCc1ccc(-n2cc(C(=O)NOC)c(=O)c3cnc(Nc4ccc(CCNC5CC6CCC5C6)cc4)nc32)cc1.CONC(=O)c1cn(-c2ccc3c(c2)CCC3)c2nc(Nc3ccc(CCN4CCC[C@@H]4C(=O)O)cc3)ncc2c1=O. The van der Waals surface area contributed by atoms with E-state index in [0.717, 1.165) is 153 Å². The van der Waals surface area contributed by atoms with Crippen LogP contribution >= 0.6 is 0 Å². The van der Waals surface area contributed by atoms with Crippen molar-refractivity contribution < 1.29 is 38.8 Å². The molecule has 0 spiro atoms. The number of anilines is 6. The van der Waals surface area contributed by atoms with Crippen molar-refractivity contribution in [3.8, 4) is 17.1 Å². The second kappa shape index (κ2) is 39.0. The first-order valence-corrected chi connectivity index (χ1v) is 44.5. The number of amides is 3. The molecule has 29 heteroatoms. The predicted octanol–water partition coefficient (Wildman–Crippen LogP) is 13.4. The summed E-state index contributed by atoms with van der Waals surface area (Å²) >= 11 is 0. The zero-order valence-electron chi connectivity index (χ0n) is 72.2. The number of carboxylic acids is 1. The van der Waals surface area contributed by atoms with E-state index in [1.54, 1.807) is 13.7 Å². The van der Waals surface area contributed by atoms with Gasteiger partial charge in [0, 0.05) is 89.9 Å². The monoisotopic (exact) mass is 1710 g/mol. The van der Waals surface area contributed by atoms with Gasteiger partial charge in [0.2, 0.25) is 34.1 Å². The first-order valence-electron chi connectivity index (χ1n) is 44.5. The summed E-state index contributed by atoms with van der Waals surface area (Å²) in [6, 6.07) is 47.5. The van der Waals surface area contributed by atoms with Crippen molar-refractivity contribution in [2.24, 2.45) is 35.5 Å². The van der Waals surface area contributed by atoms with E-state index in [0.29, 0.717) is 59.8 Å². The lowest BCUT2D eigenvalue weighted by Gasteiger charge is -2.54. The molecule has 6 saturated carbocycles. The molecule has 20 rings (SSSR count). The van der Waals surface area contributed by atoms with E-state index in [1.165, 1.54) is 150 Å². The van der Waals surface area contributed by atoms with E-state index >= 15 is 0 Å². The standard InChI is InChI=1S/C35H40N6O3.C32H36N6O3.C31H32N6O5/c1-3-21-6-10-28(11-7-21)41-20-30(34(43)40-44-2)32(42)29-19-37-35(39-33(29)41)38-27-8-4-22(5-9-27)12-13-36-31-25-15-23-14-24(17-25)18-26(31)16-23;1-3-20-7-12-25(13-8-20)38-19-27(31(40)37-41-2)29(39)26-18-34-32(36-30(26)38)35-24-10-5-21(6-11-24)14-15-33-28-17-22-4-9-23(28)16-22;1-42-35-29(39)25-18-37(23-12-9-20-4-2-5-21(20)16-23)28-24(27(25)38)17-32-31(34-28)33-22-10-7-19(8-11-22)13-15-36-14-3-6-26(36)30(40)41/h4-11,19-20,23-26,31,36H,3,12-18H2,1-2H3,(H,40,43)(H,37,38,39);5-8,10-13,18-19,22-23,28,33H,3-4,9,14-17H2,1-2H3,(H,37,40)(H,34,35,36);7-12,16-18,26H,2-6,13-15H2,1H3,(H,35,39)(H,40,41)(H,32,33,34)/t;;26-/m..1/s1. The van der Waals surface area contributed by atoms with Gasteiger partial charge in [0.05, 0.1) is 37.5 Å². The molecule has 3 unspecified atom stereocenters. The van der Waals surface area contributed by atoms with Crippen LogP contribution in [0, 0.1) is 35.5 Å². The molecular formula is C98H108N18O11. The third-order valence-electron chi connectivity index (χ3n) is 26.7. The van der Waals surface area contributed by atoms with Crippen molar-refractivity contribution >= 4 is 91.7 Å². The van der Waals surface area contributed by atoms with E-state index in [2.05, 4.69) is 108 Å². The van der Waals surface area contributed by atoms with Gasteiger partial charge in [-0.15, -0.1) is 0 Å². The smallest absolute Gasteiger partial charge is 0.320 e. The van der Waals surface area contributed by atoms with Crippen molar-refractivity contribution in [1.82, 2.24) is 75.6 Å². The van der Waals surface area contributed by atoms with Gasteiger partial charge >= 0.3 is 5.97 Å². The van der Waals surface area contributed by atoms with Gasteiger partial charge in [-0.1, -0.05) is 87.0 Å². The molecule has 1 saturated heterocycles. The highest BCUT2D eigenvalue weighted by Gasteiger charge is 2.48. The first-order chi connectivity index (χ1) is 61.9. The molecule has 127 heavy (non-hydrogen) atoms. The lowest BCUT2D eigenvalue weighted by Crippen LogP contribution is -2.54. The van der Waals surface area contributed by atoms with Crippen LogP contribution in [-0.4, -0.2) is 143 Å². The van der Waals surface area contributed by atoms with Crippen LogP contribution in [0.3, 0.4) is 0 Å². The quantitative estimate of drug-likeness (QED) is 0.0197. The molecular weight excluding hydrogens is 1610 g/mol. The van der Waals surface area contributed by atoms with Gasteiger partial charge in [-0.05, 0) is 282 Å². The second-order valence-corrected chi connectivity index (χ2v) is 34.7. The number of likely N-dealkylation sites (tertiary alicyclic amines) is 1. The molecule has 7 aliphatic carbocycles. The second-order valence-electron chi connectivity index (χ2n) is 34.7. The fourth-order valence-electron chi connectivity index (χ4n) is 20.4. The lowest BCUT2D eigenvalue weighted by atomic mass is 9.54. The molecule has 7 heterocycles. The van der Waals surface area contributed by atoms with Crippen molar-refractivity contribution in [2.75, 3.05) is 63.5 Å². The number of carbonyl (C=O) groups is 4. The molecule has 6 aromatic carbocycles. The molecule has 7 fully saturated rings. The fraction of sp³-hybridized carbons (Fsp3) is 0.378. The number of rotatable bonds is 29. The van der Waals surface area contributed by atoms with Gasteiger partial charge in [0.1, 0.15) is 22.7 Å². The molecule has 8 aliphatic rings. The number of hydrogen-bond donors (Lipinski definition) is 9. The number of hydroxylamine groups is 3. The molecule has 0 radical (unpaired) electrons. The first kappa shape index (κ1) is 86.4. The Kier molecular flexibility index (Phi) is 26.5. The van der Waals surface area contributed by atoms with Crippen molar-refractivity contribution in [3.63, 3.8) is 0 Å². The summed E-state index contributed by atoms with van der Waals surface area (Å²) in [4.78, 5) is 133. The van der Waals surface area contributed by atoms with E-state index < -0.39 is 46.0 Å². The van der Waals surface area contributed by atoms with Gasteiger partial charge in [-0.25, -0.2) is 31.4 Å². The van der Waals surface area contributed by atoms with Crippen LogP contribution in [0.5, 0.6) is 0 Å². The number of fused-ring (bicyclic) bond motifs is 6. The molecule has 1 aliphatic heterocycles. The third kappa shape index (κ3) is 19.5. The lowest BCUT2D eigenvalue weighted by molar-refractivity contribution is -0.142. The van der Waals surface area contributed by atoms with Crippen LogP contribution in [0.2, 0.25) is 0 Å². The largest absolute Gasteiger partial charge is 0.480 e. The van der Waals surface area contributed by atoms with Crippen LogP contribution < -0.4 is 59.3 Å². The molecule has 3 amide bonds. The molecule has 29 nitrogen and oxygen atoms in total. The molecule has 6 aromatic heterocycles. The van der Waals surface area contributed by atoms with Gasteiger partial charge in [-0.2, -0.15) is 15.0 Å². The minimum atomic E-state index is -0.751. The number of carbonyl (C=O) groups excluding carboxylic acids is 3. The Bertz CT molecular complexity index is 6200. The number of aromatic nitrogens is 9. The predicted molar refractivity (Wildman–Crippen MR) is 488 cm³/mol. The van der Waals surface area contributed by atoms with Gasteiger partial charge < -0.3 is 45.4 Å². The molecule has 12 aromatic rings. The minimum absolute atomic E-state index is 0.0587. The van der Waals surface area contributed by atoms with Crippen LogP contribution in [-0.2, 0) is 64.3 Å². The normalized spacial score (nSPS) is 19.9. The Morgan fingerprint density at radius 3 is 1.26 bits per heavy atom. The average molecular weight is 1710 g/mol. The van der Waals surface area contributed by atoms with Crippen molar-refractivity contribution in [2.45, 2.75) is 154 Å². The van der Waals surface area contributed by atoms with Crippen LogP contribution in [0.25, 0.3) is 50.2 Å². The fourth-order valence-corrected chi connectivity index (χ4v) is 20.4. The number of nitrogens with zero attached hydrogens (tertiary/aromatic N) is 10. The van der Waals surface area contributed by atoms with E-state index in [1.807, 2.05) is 108 Å². The highest BCUT2D eigenvalue weighted by atomic mass is 16.6. The Balaban J connectivity index is 0.000000134. The Hall–Kier alpha value is -12.8. The summed E-state index contributed by atoms with van der Waals surface area (Å²) in [5, 5.41) is 27.6. The molecule has 6 bridgehead atoms. The summed E-state index contributed by atoms with van der Waals surface area (Å²) in [6.45, 7) is 7.69. The Morgan fingerprint density at radius 2 is 0.843 bits per heavy atom. The number of aliphatic carboxylic acids is 1. The maximum absolute atomic E-state index is 13.3. The average Bonchev–Trinajstić information content (AvgIpc) is 1.49. The van der Waals surface area contributed by atoms with Crippen molar-refractivity contribution in [3.05, 3.63) is 263 Å². The van der Waals surface area contributed by atoms with E-state index in [9.17, 15) is 38.7 Å². The number of nitrogens with one attached hydrogen (secondary N) is 8. The van der Waals surface area contributed by atoms with Gasteiger partial charge in [-0.3, -0.25) is 53.0 Å². The summed E-state index contributed by atoms with van der Waals surface area (Å²) in [6.07, 6.45) is 31.0. The van der Waals surface area contributed by atoms with Crippen LogP contribution in [0.4, 0.5) is 34.9 Å². The number of benzene rings is 6. The van der Waals surface area contributed by atoms with Gasteiger partial charge in [0.15, 0.2) is 16.9 Å². The maximum Gasteiger partial charge on any atom is 0.320 e. The van der Waals surface area contributed by atoms with Crippen molar-refractivity contribution in [1.29, 1.82) is 0 Å². The minimum Gasteiger partial charge on any atom is -0.480 e. The maximum atomic E-state index is 13.3.